The number of nitrogens with zero attached hydrogens (tertiary/aromatic N) is 7. The smallest absolute Gasteiger partial charge is 0.343 e. The minimum absolute atomic E-state index is 0.0101. The summed E-state index contributed by atoms with van der Waals surface area (Å²) in [6, 6.07) is -0.0612. The van der Waals surface area contributed by atoms with E-state index in [1.807, 2.05) is 34.6 Å². The van der Waals surface area contributed by atoms with Crippen molar-refractivity contribution in [3.63, 3.8) is 0 Å². The van der Waals surface area contributed by atoms with Crippen LogP contribution in [0.5, 0.6) is 0 Å². The van der Waals surface area contributed by atoms with Crippen LogP contribution in [0.1, 0.15) is 125 Å². The van der Waals surface area contributed by atoms with Crippen LogP contribution < -0.4 is 21.3 Å². The van der Waals surface area contributed by atoms with Crippen LogP contribution in [-0.4, -0.2) is 216 Å². The Morgan fingerprint density at radius 2 is 1.13 bits per heavy atom. The summed E-state index contributed by atoms with van der Waals surface area (Å²) in [6.07, 6.45) is -5.38. The van der Waals surface area contributed by atoms with Gasteiger partial charge in [0.05, 0.1) is 25.2 Å². The highest BCUT2D eigenvalue weighted by atomic mass is 35.5. The number of benzene rings is 2. The quantitative estimate of drug-likeness (QED) is 0.207. The van der Waals surface area contributed by atoms with Gasteiger partial charge in [-0.2, -0.15) is 13.2 Å². The molecule has 1 aliphatic rings. The number of carbonyl (C=O) groups is 11. The molecule has 0 unspecified atom stereocenters. The molecule has 4 N–H and O–H groups in total. The minimum atomic E-state index is -5.01. The lowest BCUT2D eigenvalue weighted by atomic mass is 9.95. The summed E-state index contributed by atoms with van der Waals surface area (Å²) in [5, 5.41) is 11.2. The number of rotatable bonds is 12. The van der Waals surface area contributed by atoms with Crippen molar-refractivity contribution in [3.8, 4) is 0 Å². The van der Waals surface area contributed by atoms with Crippen LogP contribution in [-0.2, 0) is 71.8 Å². The lowest BCUT2D eigenvalue weighted by Crippen LogP contribution is -2.63. The van der Waals surface area contributed by atoms with Gasteiger partial charge in [-0.05, 0) is 106 Å². The number of nitrogens with one attached hydrogen (secondary N) is 4. The zero-order valence-corrected chi connectivity index (χ0v) is 56.7. The van der Waals surface area contributed by atoms with E-state index in [0.717, 1.165) is 30.6 Å². The van der Waals surface area contributed by atoms with E-state index in [4.69, 9.17) is 11.6 Å². The van der Waals surface area contributed by atoms with Crippen LogP contribution in [0.15, 0.2) is 42.5 Å². The van der Waals surface area contributed by atoms with Gasteiger partial charge in [0.2, 0.25) is 65.0 Å². The highest BCUT2D eigenvalue weighted by Gasteiger charge is 2.43. The molecule has 2 aromatic carbocycles. The van der Waals surface area contributed by atoms with Crippen LogP contribution in [0.4, 0.5) is 17.6 Å². The maximum absolute atomic E-state index is 14.9. The van der Waals surface area contributed by atoms with Gasteiger partial charge in [-0.15, -0.1) is 0 Å². The number of likely N-dealkylation sites (N-methyl/N-ethyl adjacent to an activating group) is 7. The van der Waals surface area contributed by atoms with Crippen LogP contribution in [0.2, 0.25) is 5.02 Å². The van der Waals surface area contributed by atoms with Crippen LogP contribution in [0, 0.1) is 29.5 Å². The average Bonchev–Trinajstić information content (AvgIpc) is 0.923. The Balaban J connectivity index is 2.23. The van der Waals surface area contributed by atoms with Crippen molar-refractivity contribution < 1.29 is 70.3 Å². The van der Waals surface area contributed by atoms with Gasteiger partial charge in [-0.1, -0.05) is 91.6 Å². The lowest BCUT2D eigenvalue weighted by Gasteiger charge is -2.39. The van der Waals surface area contributed by atoms with E-state index in [1.165, 1.54) is 73.0 Å². The first kappa shape index (κ1) is 77.9. The number of halogens is 5. The molecule has 0 bridgehead atoms. The van der Waals surface area contributed by atoms with Crippen molar-refractivity contribution in [2.75, 3.05) is 69.0 Å². The lowest BCUT2D eigenvalue weighted by molar-refractivity contribution is -0.149. The molecule has 1 fully saturated rings. The highest BCUT2D eigenvalue weighted by Crippen LogP contribution is 2.32. The van der Waals surface area contributed by atoms with E-state index < -0.39 is 162 Å². The largest absolute Gasteiger partial charge is 0.419 e. The highest BCUT2D eigenvalue weighted by molar-refractivity contribution is 6.30. The predicted octanol–water partition coefficient (Wildman–Crippen LogP) is 4.92. The first-order valence-corrected chi connectivity index (χ1v) is 31.0. The Labute approximate surface area is 538 Å². The van der Waals surface area contributed by atoms with E-state index in [-0.39, 0.29) is 55.9 Å². The molecule has 3 rings (SSSR count). The maximum atomic E-state index is 14.9. The van der Waals surface area contributed by atoms with Crippen LogP contribution in [0.3, 0.4) is 0 Å². The van der Waals surface area contributed by atoms with Crippen molar-refractivity contribution in [2.24, 2.45) is 23.7 Å². The third-order valence-electron chi connectivity index (χ3n) is 16.9. The summed E-state index contributed by atoms with van der Waals surface area (Å²) in [5.74, 6) is -11.1. The Bertz CT molecular complexity index is 2930. The standard InChI is InChI=1S/C64H96ClF4N11O11/c1-19-39(8)55-60(89)76(14)34-52(83)74(12)35-53(84)79(17)49(32-42-20-24-43(65)25-21-42)59(88)75(13)33-50(81)70-46(27-23-41-22-26-44(45(66)31-41)64(67,68)69)56(85)72-54(38(6)7)61(90)80(18)63(10,11)62(91)71-47(28-36(2)3)58(87)77(15)40(9)30-51(82)78(16)48(29-37(4)5)57(86)73-55/h20-22,24-26,31,36-40,46-49,54-55H,19,23,27-30,32-35H2,1-18H3,(H,70,81)(H,71,91)(H,72,85)(H,73,86)/t39-,40+,46-,47-,48-,49-,54+,55-/m0/s1. The average molecular weight is 1310 g/mol. The predicted molar refractivity (Wildman–Crippen MR) is 336 cm³/mol. The molecule has 0 aromatic heterocycles. The molecule has 2 aromatic rings. The van der Waals surface area contributed by atoms with Gasteiger partial charge in [-0.3, -0.25) is 52.7 Å². The number of aryl methyl sites for hydroxylation is 1. The van der Waals surface area contributed by atoms with Crippen molar-refractivity contribution in [3.05, 3.63) is 70.0 Å². The Hall–Kier alpha value is -7.38. The van der Waals surface area contributed by atoms with E-state index in [2.05, 4.69) is 21.3 Å². The Morgan fingerprint density at radius 1 is 0.593 bits per heavy atom. The first-order valence-electron chi connectivity index (χ1n) is 30.7. The summed E-state index contributed by atoms with van der Waals surface area (Å²) in [4.78, 5) is 166. The third-order valence-corrected chi connectivity index (χ3v) is 17.1. The van der Waals surface area contributed by atoms with Gasteiger partial charge >= 0.3 is 6.18 Å². The number of hydrogen-bond acceptors (Lipinski definition) is 11. The molecular weight excluding hydrogens is 1210 g/mol. The fourth-order valence-corrected chi connectivity index (χ4v) is 10.3. The summed E-state index contributed by atoms with van der Waals surface area (Å²) in [6.45, 7) is 16.7. The fraction of sp³-hybridized carbons (Fsp3) is 0.641. The van der Waals surface area contributed by atoms with Gasteiger partial charge in [0, 0.05) is 73.2 Å². The molecule has 8 atom stereocenters. The van der Waals surface area contributed by atoms with Crippen molar-refractivity contribution in [2.45, 2.75) is 175 Å². The molecule has 27 heteroatoms. The van der Waals surface area contributed by atoms with E-state index in [9.17, 15) is 70.3 Å². The molecule has 1 heterocycles. The molecule has 1 saturated heterocycles. The fourth-order valence-electron chi connectivity index (χ4n) is 10.2. The van der Waals surface area contributed by atoms with Gasteiger partial charge in [0.15, 0.2) is 0 Å². The molecular formula is C64H96ClF4N11O11. The summed E-state index contributed by atoms with van der Waals surface area (Å²) >= 11 is 6.18. The topological polar surface area (TPSA) is 259 Å². The molecule has 11 amide bonds. The number of amides is 11. The molecule has 0 saturated carbocycles. The second kappa shape index (κ2) is 33.8. The van der Waals surface area contributed by atoms with Gasteiger partial charge in [0.25, 0.3) is 0 Å². The second-order valence-electron chi connectivity index (χ2n) is 25.8. The Kier molecular flexibility index (Phi) is 28.9. The maximum Gasteiger partial charge on any atom is 0.419 e. The number of alkyl halides is 3. The monoisotopic (exact) mass is 1310 g/mol. The first-order chi connectivity index (χ1) is 42.0. The van der Waals surface area contributed by atoms with Crippen molar-refractivity contribution >= 4 is 76.6 Å². The van der Waals surface area contributed by atoms with Crippen molar-refractivity contribution in [1.82, 2.24) is 55.6 Å². The molecule has 508 valence electrons. The van der Waals surface area contributed by atoms with E-state index in [1.54, 1.807) is 52.0 Å². The van der Waals surface area contributed by atoms with Gasteiger partial charge < -0.3 is 55.6 Å². The molecule has 1 aliphatic heterocycles. The SMILES string of the molecule is CC[C@H](C)[C@@H]1NC(=O)[C@H](CC(C)C)N(C)C(=O)C[C@@H](C)N(C)C(=O)[C@H](CC(C)C)NC(=O)C(C)(C)N(C)C(=O)[C@@H](C(C)C)NC(=O)[C@H](CCc2ccc(C(F)(F)F)c(F)c2)NC(=O)CN(C)C(=O)[C@H](Cc2ccc(Cl)cc2)N(C)C(=O)CN(C)C(=O)CN(C)C1=O. The normalized spacial score (nSPS) is 23.6. The zero-order valence-electron chi connectivity index (χ0n) is 56.0. The molecule has 91 heavy (non-hydrogen) atoms. The van der Waals surface area contributed by atoms with Gasteiger partial charge in [0.1, 0.15) is 47.6 Å². The summed E-state index contributed by atoms with van der Waals surface area (Å²) in [7, 11) is 9.49. The van der Waals surface area contributed by atoms with Gasteiger partial charge in [-0.25, -0.2) is 4.39 Å². The number of hydrogen-bond donors (Lipinski definition) is 4. The van der Waals surface area contributed by atoms with Crippen LogP contribution in [0.25, 0.3) is 0 Å². The van der Waals surface area contributed by atoms with E-state index >= 15 is 0 Å². The molecule has 0 radical (unpaired) electrons. The second-order valence-corrected chi connectivity index (χ2v) is 26.3. The summed E-state index contributed by atoms with van der Waals surface area (Å²) in [5.41, 5.74) is -2.72. The Morgan fingerprint density at radius 3 is 1.67 bits per heavy atom. The third kappa shape index (κ3) is 21.9. The van der Waals surface area contributed by atoms with Crippen molar-refractivity contribution in [1.29, 1.82) is 0 Å². The minimum Gasteiger partial charge on any atom is -0.343 e. The number of carbonyl (C=O) groups excluding carboxylic acids is 11. The molecule has 0 aliphatic carbocycles. The van der Waals surface area contributed by atoms with E-state index in [0.29, 0.717) is 29.1 Å². The molecule has 22 nitrogen and oxygen atoms in total. The summed E-state index contributed by atoms with van der Waals surface area (Å²) < 4.78 is 55.6. The van der Waals surface area contributed by atoms with Crippen LogP contribution >= 0.6 is 11.6 Å². The zero-order chi connectivity index (χ0) is 69.5. The molecule has 0 spiro atoms.